The van der Waals surface area contributed by atoms with Crippen molar-refractivity contribution in [1.82, 2.24) is 0 Å². The highest BCUT2D eigenvalue weighted by molar-refractivity contribution is 5.85. The van der Waals surface area contributed by atoms with Crippen molar-refractivity contribution in [2.24, 2.45) is 11.3 Å². The first-order chi connectivity index (χ1) is 18.1. The van der Waals surface area contributed by atoms with Gasteiger partial charge in [0.2, 0.25) is 5.79 Å². The summed E-state index contributed by atoms with van der Waals surface area (Å²) in [7, 11) is 0. The highest BCUT2D eigenvalue weighted by Gasteiger charge is 2.56. The number of Topliss-reactive ketones (excluding diaryl/α,β-unsaturated/α-hetero) is 1. The third kappa shape index (κ3) is 4.68. The molecule has 5 rings (SSSR count). The van der Waals surface area contributed by atoms with Crippen LogP contribution in [0.1, 0.15) is 84.1 Å². The zero-order valence-corrected chi connectivity index (χ0v) is 23.0. The van der Waals surface area contributed by atoms with Crippen molar-refractivity contribution >= 4 is 11.5 Å². The van der Waals surface area contributed by atoms with Crippen LogP contribution in [0.25, 0.3) is 0 Å². The zero-order chi connectivity index (χ0) is 27.1. The number of anilines is 1. The van der Waals surface area contributed by atoms with Crippen molar-refractivity contribution in [3.05, 3.63) is 65.4 Å². The first kappa shape index (κ1) is 27.3. The van der Waals surface area contributed by atoms with E-state index >= 15 is 8.78 Å². The summed E-state index contributed by atoms with van der Waals surface area (Å²) in [5, 5.41) is 0. The molecule has 1 saturated carbocycles. The number of ether oxygens (including phenoxy) is 2. The van der Waals surface area contributed by atoms with Crippen LogP contribution in [0, 0.1) is 11.3 Å². The first-order valence-electron chi connectivity index (χ1n) is 14.2. The molecule has 206 valence electrons. The Morgan fingerprint density at radius 2 is 1.76 bits per heavy atom. The van der Waals surface area contributed by atoms with E-state index in [1.165, 1.54) is 38.7 Å². The van der Waals surface area contributed by atoms with E-state index in [2.05, 4.69) is 13.5 Å². The molecule has 1 saturated heterocycles. The van der Waals surface area contributed by atoms with Gasteiger partial charge < -0.3 is 14.4 Å². The Morgan fingerprint density at radius 1 is 1.11 bits per heavy atom. The fourth-order valence-corrected chi connectivity index (χ4v) is 6.89. The molecule has 0 bridgehead atoms. The third-order valence-electron chi connectivity index (χ3n) is 9.12. The van der Waals surface area contributed by atoms with Crippen LogP contribution in [-0.2, 0) is 20.2 Å². The molecule has 38 heavy (non-hydrogen) atoms. The number of allylic oxidation sites excluding steroid dienone is 3. The van der Waals surface area contributed by atoms with Gasteiger partial charge >= 0.3 is 0 Å². The number of halogens is 2. The number of alkyl halides is 2. The van der Waals surface area contributed by atoms with Crippen LogP contribution in [0.4, 0.5) is 14.5 Å². The first-order valence-corrected chi connectivity index (χ1v) is 14.2. The minimum atomic E-state index is -3.19. The van der Waals surface area contributed by atoms with Crippen LogP contribution in [0.2, 0.25) is 0 Å². The van der Waals surface area contributed by atoms with Gasteiger partial charge in [-0.3, -0.25) is 4.79 Å². The van der Waals surface area contributed by atoms with E-state index in [1.807, 2.05) is 24.0 Å². The number of rotatable bonds is 6. The van der Waals surface area contributed by atoms with Crippen LogP contribution in [0.3, 0.4) is 0 Å². The Hall–Kier alpha value is -2.31. The summed E-state index contributed by atoms with van der Waals surface area (Å²) in [5.41, 5.74) is 1.86. The summed E-state index contributed by atoms with van der Waals surface area (Å²) < 4.78 is 43.5. The lowest BCUT2D eigenvalue weighted by Gasteiger charge is -2.42. The molecule has 2 fully saturated rings. The lowest BCUT2D eigenvalue weighted by molar-refractivity contribution is -0.248. The predicted octanol–water partition coefficient (Wildman–Crippen LogP) is 7.85. The molecule has 2 aliphatic heterocycles. The van der Waals surface area contributed by atoms with Gasteiger partial charge in [0.15, 0.2) is 0 Å². The van der Waals surface area contributed by atoms with Gasteiger partial charge in [-0.15, -0.1) is 0 Å². The molecular formula is C32H41F2NO3. The topological polar surface area (TPSA) is 38.8 Å². The van der Waals surface area contributed by atoms with Crippen LogP contribution >= 0.6 is 0 Å². The van der Waals surface area contributed by atoms with Crippen molar-refractivity contribution in [1.29, 1.82) is 0 Å². The summed E-state index contributed by atoms with van der Waals surface area (Å²) in [6.45, 7) is 10.2. The number of fused-ring (bicyclic) bond motifs is 1. The molecule has 1 spiro atoms. The molecule has 4 nitrogen and oxygen atoms in total. The van der Waals surface area contributed by atoms with Gasteiger partial charge in [0, 0.05) is 29.2 Å². The molecule has 0 radical (unpaired) electrons. The summed E-state index contributed by atoms with van der Waals surface area (Å²) in [5.74, 6) is -4.26. The lowest BCUT2D eigenvalue weighted by atomic mass is 9.74. The van der Waals surface area contributed by atoms with E-state index in [-0.39, 0.29) is 34.3 Å². The minimum Gasteiger partial charge on any atom is -0.344 e. The van der Waals surface area contributed by atoms with Crippen molar-refractivity contribution < 1.29 is 23.0 Å². The number of hydrogen-bond donors (Lipinski definition) is 0. The average molecular weight is 526 g/mol. The maximum atomic E-state index is 15.4. The second kappa shape index (κ2) is 10.3. The van der Waals surface area contributed by atoms with E-state index in [0.29, 0.717) is 31.7 Å². The number of hydrogen-bond acceptors (Lipinski definition) is 4. The highest BCUT2D eigenvalue weighted by atomic mass is 19.3. The monoisotopic (exact) mass is 525 g/mol. The number of carbonyl (C=O) groups is 1. The van der Waals surface area contributed by atoms with Crippen molar-refractivity contribution in [3.63, 3.8) is 0 Å². The smallest absolute Gasteiger partial charge is 0.296 e. The Labute approximate surface area is 225 Å². The number of nitrogens with zero attached hydrogens (tertiary/aromatic N) is 1. The number of ketones is 1. The summed E-state index contributed by atoms with van der Waals surface area (Å²) >= 11 is 0. The second-order valence-corrected chi connectivity index (χ2v) is 12.0. The Kier molecular flexibility index (Phi) is 7.42. The molecule has 1 aromatic rings. The molecule has 2 atom stereocenters. The largest absolute Gasteiger partial charge is 0.344 e. The summed E-state index contributed by atoms with van der Waals surface area (Å²) in [6.07, 6.45) is 12.8. The van der Waals surface area contributed by atoms with Crippen LogP contribution in [-0.4, -0.2) is 30.8 Å². The number of benzene rings is 1. The SMILES string of the molecule is C=C(C)C(F)(F)c1ccccc1N1C2=C(CC(C(=O)CC3(C)CCCCCC3)C=C2)C2(OCCCO2)C1C. The summed E-state index contributed by atoms with van der Waals surface area (Å²) in [6, 6.07) is 6.23. The van der Waals surface area contributed by atoms with Gasteiger partial charge in [-0.2, -0.15) is 8.78 Å². The molecular weight excluding hydrogens is 484 g/mol. The van der Waals surface area contributed by atoms with Gasteiger partial charge in [0.25, 0.3) is 5.92 Å². The van der Waals surface area contributed by atoms with E-state index in [4.69, 9.17) is 9.47 Å². The fraction of sp³-hybridized carbons (Fsp3) is 0.594. The summed E-state index contributed by atoms with van der Waals surface area (Å²) in [4.78, 5) is 15.6. The van der Waals surface area contributed by atoms with Crippen LogP contribution in [0.5, 0.6) is 0 Å². The predicted molar refractivity (Wildman–Crippen MR) is 146 cm³/mol. The van der Waals surface area contributed by atoms with Crippen molar-refractivity contribution in [2.75, 3.05) is 18.1 Å². The zero-order valence-electron chi connectivity index (χ0n) is 23.0. The molecule has 2 heterocycles. The number of para-hydroxylation sites is 1. The molecule has 0 N–H and O–H groups in total. The Morgan fingerprint density at radius 3 is 2.42 bits per heavy atom. The van der Waals surface area contributed by atoms with Crippen molar-refractivity contribution in [3.8, 4) is 0 Å². The fourth-order valence-electron chi connectivity index (χ4n) is 6.89. The van der Waals surface area contributed by atoms with Gasteiger partial charge in [0.05, 0.1) is 24.9 Å². The third-order valence-corrected chi connectivity index (χ3v) is 9.12. The van der Waals surface area contributed by atoms with Gasteiger partial charge in [-0.1, -0.05) is 63.5 Å². The molecule has 0 aromatic heterocycles. The molecule has 0 amide bonds. The molecule has 2 unspecified atom stereocenters. The quantitative estimate of drug-likeness (QED) is 0.280. The van der Waals surface area contributed by atoms with E-state index in [0.717, 1.165) is 30.5 Å². The van der Waals surface area contributed by atoms with Crippen molar-refractivity contribution in [2.45, 2.75) is 96.3 Å². The molecule has 6 heteroatoms. The maximum absolute atomic E-state index is 15.4. The van der Waals surface area contributed by atoms with Gasteiger partial charge in [-0.25, -0.2) is 0 Å². The van der Waals surface area contributed by atoms with E-state index < -0.39 is 11.7 Å². The molecule has 2 aliphatic carbocycles. The molecule has 1 aromatic carbocycles. The van der Waals surface area contributed by atoms with E-state index in [9.17, 15) is 4.79 Å². The highest BCUT2D eigenvalue weighted by Crippen LogP contribution is 2.52. The standard InChI is InChI=1S/C32H41F2NO3/c1-22(2)31(33,34)25-12-7-8-13-27(25)35-23(3)32(37-18-11-19-38-32)26-20-24(14-15-28(26)35)29(36)21-30(4)16-9-5-6-10-17-30/h7-8,12-15,23-24H,1,5-6,9-11,16-21H2,2-4H3. The Bertz CT molecular complexity index is 1140. The maximum Gasteiger partial charge on any atom is 0.296 e. The normalized spacial score (nSPS) is 26.8. The lowest BCUT2D eigenvalue weighted by Crippen LogP contribution is -2.52. The number of carbonyl (C=O) groups excluding carboxylic acids is 1. The van der Waals surface area contributed by atoms with Gasteiger partial charge in [-0.05, 0) is 62.7 Å². The minimum absolute atomic E-state index is 0.0493. The van der Waals surface area contributed by atoms with Crippen LogP contribution in [0.15, 0.2) is 59.8 Å². The van der Waals surface area contributed by atoms with Crippen LogP contribution < -0.4 is 4.90 Å². The average Bonchev–Trinajstić information content (AvgIpc) is 3.01. The van der Waals surface area contributed by atoms with Gasteiger partial charge in [0.1, 0.15) is 5.78 Å². The molecule has 4 aliphatic rings. The Balaban J connectivity index is 1.50. The van der Waals surface area contributed by atoms with E-state index in [1.54, 1.807) is 18.2 Å². The second-order valence-electron chi connectivity index (χ2n) is 12.0.